The number of carboxylic acid groups (broad SMARTS) is 1. The number of carbonyl (C=O) groups is 1. The summed E-state index contributed by atoms with van der Waals surface area (Å²) in [6, 6.07) is 5.39. The summed E-state index contributed by atoms with van der Waals surface area (Å²) in [7, 11) is 0. The molecule has 18 heavy (non-hydrogen) atoms. The summed E-state index contributed by atoms with van der Waals surface area (Å²) in [6.07, 6.45) is -0.852. The molecule has 0 fully saturated rings. The van der Waals surface area contributed by atoms with Gasteiger partial charge in [-0.2, -0.15) is 0 Å². The average Bonchev–Trinajstić information content (AvgIpc) is 2.21. The number of hydrogen-bond acceptors (Lipinski definition) is 3. The van der Waals surface area contributed by atoms with Crippen LogP contribution in [0.25, 0.3) is 0 Å². The highest BCUT2D eigenvalue weighted by Crippen LogP contribution is 2.22. The molecular weight excluding hydrogens is 254 g/mol. The van der Waals surface area contributed by atoms with E-state index in [1.807, 2.05) is 20.8 Å². The first kappa shape index (κ1) is 16.7. The first-order valence-electron chi connectivity index (χ1n) is 5.65. The molecule has 0 radical (unpaired) electrons. The molecule has 0 aromatic heterocycles. The summed E-state index contributed by atoms with van der Waals surface area (Å²) < 4.78 is 5.20. The van der Waals surface area contributed by atoms with Crippen LogP contribution in [0, 0.1) is 6.92 Å². The largest absolute Gasteiger partial charge is 0.479 e. The van der Waals surface area contributed by atoms with Crippen LogP contribution in [0.2, 0.25) is 5.02 Å². The van der Waals surface area contributed by atoms with Gasteiger partial charge in [-0.1, -0.05) is 25.4 Å². The van der Waals surface area contributed by atoms with Crippen LogP contribution in [-0.4, -0.2) is 23.2 Å². The Labute approximate surface area is 113 Å². The Balaban J connectivity index is 0.000000631. The lowest BCUT2D eigenvalue weighted by Crippen LogP contribution is -2.23. The number of halogens is 1. The van der Waals surface area contributed by atoms with Gasteiger partial charge in [0.2, 0.25) is 0 Å². The van der Waals surface area contributed by atoms with Crippen molar-refractivity contribution in [2.45, 2.75) is 39.8 Å². The summed E-state index contributed by atoms with van der Waals surface area (Å²) in [5, 5.41) is 9.25. The van der Waals surface area contributed by atoms with Gasteiger partial charge in [0.1, 0.15) is 5.75 Å². The molecule has 0 aliphatic heterocycles. The highest BCUT2D eigenvalue weighted by molar-refractivity contribution is 6.30. The predicted octanol–water partition coefficient (Wildman–Crippen LogP) is 2.85. The van der Waals surface area contributed by atoms with Crippen LogP contribution >= 0.6 is 11.6 Å². The van der Waals surface area contributed by atoms with Gasteiger partial charge < -0.3 is 15.6 Å². The van der Waals surface area contributed by atoms with Gasteiger partial charge in [-0.05, 0) is 43.7 Å². The summed E-state index contributed by atoms with van der Waals surface area (Å²) >= 11 is 5.74. The Morgan fingerprint density at radius 3 is 2.28 bits per heavy atom. The lowest BCUT2D eigenvalue weighted by Gasteiger charge is -2.12. The maximum absolute atomic E-state index is 10.5. The van der Waals surface area contributed by atoms with E-state index in [1.54, 1.807) is 18.2 Å². The quantitative estimate of drug-likeness (QED) is 0.888. The van der Waals surface area contributed by atoms with Gasteiger partial charge in [-0.3, -0.25) is 0 Å². The van der Waals surface area contributed by atoms with E-state index in [0.29, 0.717) is 16.8 Å². The molecule has 0 heterocycles. The van der Waals surface area contributed by atoms with Crippen LogP contribution < -0.4 is 10.5 Å². The maximum Gasteiger partial charge on any atom is 0.344 e. The molecule has 1 atom stereocenters. The molecule has 0 amide bonds. The second-order valence-electron chi connectivity index (χ2n) is 4.25. The minimum atomic E-state index is -0.987. The van der Waals surface area contributed by atoms with Gasteiger partial charge in [0.15, 0.2) is 6.10 Å². The maximum atomic E-state index is 10.5. The van der Waals surface area contributed by atoms with E-state index >= 15 is 0 Å². The lowest BCUT2D eigenvalue weighted by molar-refractivity contribution is -0.144. The Kier molecular flexibility index (Phi) is 7.39. The highest BCUT2D eigenvalue weighted by Gasteiger charge is 2.13. The minimum Gasteiger partial charge on any atom is -0.479 e. The van der Waals surface area contributed by atoms with Crippen LogP contribution in [0.4, 0.5) is 0 Å². The fraction of sp³-hybridized carbons (Fsp3) is 0.462. The molecule has 0 saturated carbocycles. The van der Waals surface area contributed by atoms with Crippen molar-refractivity contribution in [1.82, 2.24) is 0 Å². The van der Waals surface area contributed by atoms with Crippen molar-refractivity contribution in [2.24, 2.45) is 5.73 Å². The number of carboxylic acids is 1. The summed E-state index contributed by atoms with van der Waals surface area (Å²) in [5.41, 5.74) is 5.94. The molecule has 3 N–H and O–H groups in total. The third kappa shape index (κ3) is 7.14. The molecule has 1 aromatic carbocycles. The molecule has 0 unspecified atom stereocenters. The second kappa shape index (κ2) is 7.95. The number of benzene rings is 1. The first-order valence-corrected chi connectivity index (χ1v) is 6.03. The standard InChI is InChI=1S/C10H11ClO3.C3H9N/c1-6-5-8(11)3-4-9(6)14-7(2)10(12)13;1-3(2)4/h3-5,7H,1-2H3,(H,12,13);3H,4H2,1-2H3/t7-;/m1./s1. The number of hydrogen-bond donors (Lipinski definition) is 2. The summed E-state index contributed by atoms with van der Waals surface area (Å²) in [4.78, 5) is 10.5. The van der Waals surface area contributed by atoms with Crippen LogP contribution in [0.15, 0.2) is 18.2 Å². The van der Waals surface area contributed by atoms with Gasteiger partial charge >= 0.3 is 5.97 Å². The van der Waals surface area contributed by atoms with Crippen LogP contribution in [0.1, 0.15) is 26.3 Å². The topological polar surface area (TPSA) is 72.5 Å². The first-order chi connectivity index (χ1) is 8.23. The SMILES string of the molecule is CC(C)N.Cc1cc(Cl)ccc1O[C@H](C)C(=O)O. The van der Waals surface area contributed by atoms with Crippen molar-refractivity contribution in [3.63, 3.8) is 0 Å². The normalized spacial score (nSPS) is 11.5. The van der Waals surface area contributed by atoms with E-state index in [0.717, 1.165) is 5.56 Å². The number of nitrogens with two attached hydrogens (primary N) is 1. The van der Waals surface area contributed by atoms with E-state index in [4.69, 9.17) is 27.2 Å². The molecular formula is C13H20ClNO3. The minimum absolute atomic E-state index is 0.333. The van der Waals surface area contributed by atoms with Crippen molar-refractivity contribution in [2.75, 3.05) is 0 Å². The van der Waals surface area contributed by atoms with Crippen LogP contribution in [0.5, 0.6) is 5.75 Å². The highest BCUT2D eigenvalue weighted by atomic mass is 35.5. The third-order valence-electron chi connectivity index (χ3n) is 1.79. The van der Waals surface area contributed by atoms with Crippen LogP contribution in [-0.2, 0) is 4.79 Å². The van der Waals surface area contributed by atoms with E-state index < -0.39 is 12.1 Å². The second-order valence-corrected chi connectivity index (χ2v) is 4.69. The molecule has 5 heteroatoms. The Morgan fingerprint density at radius 1 is 1.39 bits per heavy atom. The zero-order chi connectivity index (χ0) is 14.3. The van der Waals surface area contributed by atoms with Crippen molar-refractivity contribution in [1.29, 1.82) is 0 Å². The molecule has 0 saturated heterocycles. The van der Waals surface area contributed by atoms with Gasteiger partial charge in [-0.25, -0.2) is 4.79 Å². The zero-order valence-corrected chi connectivity index (χ0v) is 11.9. The number of ether oxygens (including phenoxy) is 1. The molecule has 1 aromatic rings. The fourth-order valence-electron chi connectivity index (χ4n) is 0.986. The molecule has 0 aliphatic carbocycles. The van der Waals surface area contributed by atoms with Gasteiger partial charge in [-0.15, -0.1) is 0 Å². The number of aliphatic carboxylic acids is 1. The molecule has 0 bridgehead atoms. The van der Waals surface area contributed by atoms with Crippen molar-refractivity contribution in [3.8, 4) is 5.75 Å². The number of aryl methyl sites for hydroxylation is 1. The van der Waals surface area contributed by atoms with E-state index in [-0.39, 0.29) is 0 Å². The van der Waals surface area contributed by atoms with Gasteiger partial charge in [0.05, 0.1) is 0 Å². The lowest BCUT2D eigenvalue weighted by atomic mass is 10.2. The summed E-state index contributed by atoms with van der Waals surface area (Å²) in [5.74, 6) is -0.441. The molecule has 0 spiro atoms. The summed E-state index contributed by atoms with van der Waals surface area (Å²) in [6.45, 7) is 7.19. The van der Waals surface area contributed by atoms with Crippen molar-refractivity contribution in [3.05, 3.63) is 28.8 Å². The zero-order valence-electron chi connectivity index (χ0n) is 11.1. The third-order valence-corrected chi connectivity index (χ3v) is 2.02. The van der Waals surface area contributed by atoms with Crippen molar-refractivity contribution < 1.29 is 14.6 Å². The van der Waals surface area contributed by atoms with E-state index in [9.17, 15) is 4.79 Å². The van der Waals surface area contributed by atoms with Gasteiger partial charge in [0.25, 0.3) is 0 Å². The molecule has 102 valence electrons. The Hall–Kier alpha value is -1.26. The van der Waals surface area contributed by atoms with Crippen molar-refractivity contribution >= 4 is 17.6 Å². The molecule has 1 rings (SSSR count). The predicted molar refractivity (Wildman–Crippen MR) is 73.2 cm³/mol. The van der Waals surface area contributed by atoms with Crippen LogP contribution in [0.3, 0.4) is 0 Å². The Morgan fingerprint density at radius 2 is 1.89 bits per heavy atom. The Bertz CT molecular complexity index is 391. The smallest absolute Gasteiger partial charge is 0.344 e. The van der Waals surface area contributed by atoms with E-state index in [1.165, 1.54) is 6.92 Å². The van der Waals surface area contributed by atoms with E-state index in [2.05, 4.69) is 0 Å². The van der Waals surface area contributed by atoms with Gasteiger partial charge in [0, 0.05) is 5.02 Å². The monoisotopic (exact) mass is 273 g/mol. The number of rotatable bonds is 3. The molecule has 0 aliphatic rings. The average molecular weight is 274 g/mol. The molecule has 4 nitrogen and oxygen atoms in total. The fourth-order valence-corrected chi connectivity index (χ4v) is 1.21.